The summed E-state index contributed by atoms with van der Waals surface area (Å²) >= 11 is 0. The molecule has 0 amide bonds. The van der Waals surface area contributed by atoms with E-state index in [1.54, 1.807) is 0 Å². The maximum atomic E-state index is 8.09. The normalized spacial score (nSPS) is 8.55. The van der Waals surface area contributed by atoms with Gasteiger partial charge < -0.3 is 9.47 Å². The standard InChI is InChI=1S/C7H10N2O2/c8-3-1-5-10-7-11-6-2-4-9/h1-2,5-7H2. The predicted octanol–water partition coefficient (Wildman–Crippen LogP) is 0.804. The molecule has 0 bridgehead atoms. The lowest BCUT2D eigenvalue weighted by Gasteiger charge is -2.00. The molecule has 0 spiro atoms. The van der Waals surface area contributed by atoms with Gasteiger partial charge in [0.05, 0.1) is 38.2 Å². The van der Waals surface area contributed by atoms with Crippen molar-refractivity contribution in [1.29, 1.82) is 10.5 Å². The number of nitrogens with zero attached hydrogens (tertiary/aromatic N) is 2. The molecule has 0 saturated carbocycles. The first-order valence-corrected chi connectivity index (χ1v) is 3.31. The van der Waals surface area contributed by atoms with Crippen molar-refractivity contribution in [2.45, 2.75) is 12.8 Å². The maximum absolute atomic E-state index is 8.09. The molecule has 0 aliphatic rings. The molecule has 0 saturated heterocycles. The molecule has 4 heteroatoms. The second kappa shape index (κ2) is 8.90. The van der Waals surface area contributed by atoms with Gasteiger partial charge in [-0.1, -0.05) is 0 Å². The van der Waals surface area contributed by atoms with Gasteiger partial charge in [0, 0.05) is 0 Å². The van der Waals surface area contributed by atoms with E-state index < -0.39 is 0 Å². The first-order chi connectivity index (χ1) is 5.41. The second-order valence-electron chi connectivity index (χ2n) is 1.75. The van der Waals surface area contributed by atoms with Crippen LogP contribution in [0.3, 0.4) is 0 Å². The molecule has 0 aromatic heterocycles. The van der Waals surface area contributed by atoms with Crippen LogP contribution in [-0.4, -0.2) is 20.0 Å². The van der Waals surface area contributed by atoms with E-state index in [1.807, 2.05) is 12.1 Å². The fourth-order valence-electron chi connectivity index (χ4n) is 0.412. The average Bonchev–Trinajstić information content (AvgIpc) is 2.03. The zero-order chi connectivity index (χ0) is 8.36. The van der Waals surface area contributed by atoms with Gasteiger partial charge >= 0.3 is 0 Å². The molecule has 0 radical (unpaired) electrons. The molecule has 0 aromatic rings. The van der Waals surface area contributed by atoms with Crippen molar-refractivity contribution in [3.63, 3.8) is 0 Å². The average molecular weight is 154 g/mol. The Bertz CT molecular complexity index is 139. The lowest BCUT2D eigenvalue weighted by atomic mass is 10.5. The van der Waals surface area contributed by atoms with Gasteiger partial charge in [0.15, 0.2) is 0 Å². The van der Waals surface area contributed by atoms with Crippen LogP contribution in [0.25, 0.3) is 0 Å². The third-order valence-corrected chi connectivity index (χ3v) is 0.883. The monoisotopic (exact) mass is 154 g/mol. The molecule has 0 rings (SSSR count). The van der Waals surface area contributed by atoms with E-state index in [1.165, 1.54) is 0 Å². The Morgan fingerprint density at radius 3 is 1.73 bits per heavy atom. The van der Waals surface area contributed by atoms with Gasteiger partial charge in [-0.25, -0.2) is 0 Å². The molecule has 4 nitrogen and oxygen atoms in total. The summed E-state index contributed by atoms with van der Waals surface area (Å²) in [6.45, 7) is 0.954. The molecule has 0 atom stereocenters. The summed E-state index contributed by atoms with van der Waals surface area (Å²) in [5.74, 6) is 0. The summed E-state index contributed by atoms with van der Waals surface area (Å²) in [6.07, 6.45) is 0.753. The van der Waals surface area contributed by atoms with Crippen LogP contribution in [0.5, 0.6) is 0 Å². The molecule has 0 aliphatic heterocycles. The van der Waals surface area contributed by atoms with Crippen LogP contribution in [-0.2, 0) is 9.47 Å². The third-order valence-electron chi connectivity index (χ3n) is 0.883. The molecule has 0 N–H and O–H groups in total. The first kappa shape index (κ1) is 9.90. The molecule has 0 heterocycles. The van der Waals surface area contributed by atoms with E-state index in [9.17, 15) is 0 Å². The van der Waals surface area contributed by atoms with E-state index in [0.29, 0.717) is 26.1 Å². The Kier molecular flexibility index (Phi) is 8.01. The van der Waals surface area contributed by atoms with Crippen molar-refractivity contribution in [2.75, 3.05) is 20.0 Å². The highest BCUT2D eigenvalue weighted by Crippen LogP contribution is 1.83. The van der Waals surface area contributed by atoms with Crippen LogP contribution in [0.4, 0.5) is 0 Å². The van der Waals surface area contributed by atoms with E-state index in [2.05, 4.69) is 0 Å². The Morgan fingerprint density at radius 1 is 0.909 bits per heavy atom. The Morgan fingerprint density at radius 2 is 1.36 bits per heavy atom. The SMILES string of the molecule is N#CCCOCOCCC#N. The van der Waals surface area contributed by atoms with E-state index in [-0.39, 0.29) is 6.79 Å². The molecular weight excluding hydrogens is 144 g/mol. The highest BCUT2D eigenvalue weighted by molar-refractivity contribution is 4.67. The minimum atomic E-state index is 0.170. The Labute approximate surface area is 65.9 Å². The van der Waals surface area contributed by atoms with E-state index in [4.69, 9.17) is 20.0 Å². The first-order valence-electron chi connectivity index (χ1n) is 3.31. The Hall–Kier alpha value is -1.10. The van der Waals surface area contributed by atoms with Crippen LogP contribution in [0, 0.1) is 22.7 Å². The minimum absolute atomic E-state index is 0.170. The topological polar surface area (TPSA) is 66.0 Å². The second-order valence-corrected chi connectivity index (χ2v) is 1.75. The number of ether oxygens (including phenoxy) is 2. The predicted molar refractivity (Wildman–Crippen MR) is 37.2 cm³/mol. The molecular formula is C7H10N2O2. The molecule has 0 fully saturated rings. The van der Waals surface area contributed by atoms with Crippen LogP contribution in [0.1, 0.15) is 12.8 Å². The zero-order valence-electron chi connectivity index (χ0n) is 6.25. The lowest BCUT2D eigenvalue weighted by molar-refractivity contribution is -0.0500. The summed E-state index contributed by atoms with van der Waals surface area (Å²) in [4.78, 5) is 0. The van der Waals surface area contributed by atoms with Crippen molar-refractivity contribution >= 4 is 0 Å². The van der Waals surface area contributed by atoms with Crippen molar-refractivity contribution in [3.05, 3.63) is 0 Å². The van der Waals surface area contributed by atoms with E-state index >= 15 is 0 Å². The Balaban J connectivity index is 2.82. The van der Waals surface area contributed by atoms with Gasteiger partial charge in [-0.3, -0.25) is 0 Å². The minimum Gasteiger partial charge on any atom is -0.354 e. The fourth-order valence-corrected chi connectivity index (χ4v) is 0.412. The summed E-state index contributed by atoms with van der Waals surface area (Å²) in [5.41, 5.74) is 0. The number of rotatable bonds is 6. The highest BCUT2D eigenvalue weighted by Gasteiger charge is 1.87. The largest absolute Gasteiger partial charge is 0.354 e. The molecule has 11 heavy (non-hydrogen) atoms. The summed E-state index contributed by atoms with van der Waals surface area (Å²) < 4.78 is 9.73. The van der Waals surface area contributed by atoms with Gasteiger partial charge in [-0.15, -0.1) is 0 Å². The zero-order valence-corrected chi connectivity index (χ0v) is 6.25. The summed E-state index contributed by atoms with van der Waals surface area (Å²) in [5, 5.41) is 16.2. The lowest BCUT2D eigenvalue weighted by Crippen LogP contribution is -2.01. The molecule has 0 aliphatic carbocycles. The van der Waals surface area contributed by atoms with Gasteiger partial charge in [-0.2, -0.15) is 10.5 Å². The van der Waals surface area contributed by atoms with Crippen molar-refractivity contribution in [1.82, 2.24) is 0 Å². The van der Waals surface area contributed by atoms with Crippen molar-refractivity contribution in [3.8, 4) is 12.1 Å². The number of hydrogen-bond donors (Lipinski definition) is 0. The van der Waals surface area contributed by atoms with Crippen LogP contribution in [0.2, 0.25) is 0 Å². The number of nitriles is 2. The van der Waals surface area contributed by atoms with Crippen molar-refractivity contribution in [2.24, 2.45) is 0 Å². The van der Waals surface area contributed by atoms with Crippen LogP contribution < -0.4 is 0 Å². The number of hydrogen-bond acceptors (Lipinski definition) is 4. The van der Waals surface area contributed by atoms with Gasteiger partial charge in [0.1, 0.15) is 6.79 Å². The van der Waals surface area contributed by atoms with Crippen molar-refractivity contribution < 1.29 is 9.47 Å². The summed E-state index contributed by atoms with van der Waals surface area (Å²) in [7, 11) is 0. The molecule has 0 unspecified atom stereocenters. The fraction of sp³-hybridized carbons (Fsp3) is 0.714. The third kappa shape index (κ3) is 8.90. The van der Waals surface area contributed by atoms with Gasteiger partial charge in [-0.05, 0) is 0 Å². The maximum Gasteiger partial charge on any atom is 0.146 e. The van der Waals surface area contributed by atoms with E-state index in [0.717, 1.165) is 0 Å². The smallest absolute Gasteiger partial charge is 0.146 e. The van der Waals surface area contributed by atoms with Crippen LogP contribution >= 0.6 is 0 Å². The quantitative estimate of drug-likeness (QED) is 0.419. The van der Waals surface area contributed by atoms with Gasteiger partial charge in [0.2, 0.25) is 0 Å². The molecule has 60 valence electrons. The summed E-state index contributed by atoms with van der Waals surface area (Å²) in [6, 6.07) is 3.87. The highest BCUT2D eigenvalue weighted by atomic mass is 16.7. The van der Waals surface area contributed by atoms with Gasteiger partial charge in [0.25, 0.3) is 0 Å². The van der Waals surface area contributed by atoms with Crippen LogP contribution in [0.15, 0.2) is 0 Å². The molecule has 0 aromatic carbocycles.